The molecule has 0 saturated carbocycles. The van der Waals surface area contributed by atoms with Crippen molar-refractivity contribution in [3.63, 3.8) is 0 Å². The van der Waals surface area contributed by atoms with Crippen molar-refractivity contribution >= 4 is 11.9 Å². The van der Waals surface area contributed by atoms with Gasteiger partial charge in [0.25, 0.3) is 0 Å². The van der Waals surface area contributed by atoms with Gasteiger partial charge in [0.2, 0.25) is 0 Å². The van der Waals surface area contributed by atoms with Crippen molar-refractivity contribution in [3.05, 3.63) is 0 Å². The van der Waals surface area contributed by atoms with Crippen molar-refractivity contribution < 1.29 is 14.3 Å². The van der Waals surface area contributed by atoms with Gasteiger partial charge in [-0.25, -0.2) is 4.79 Å². The molecular weight excluding hydrogens is 206 g/mol. The summed E-state index contributed by atoms with van der Waals surface area (Å²) in [4.78, 5) is 22.9. The van der Waals surface area contributed by atoms with Crippen LogP contribution in [0.25, 0.3) is 0 Å². The molecule has 0 spiro atoms. The van der Waals surface area contributed by atoms with E-state index < -0.39 is 17.7 Å². The van der Waals surface area contributed by atoms with E-state index in [2.05, 4.69) is 5.32 Å². The average Bonchev–Trinajstić information content (AvgIpc) is 2.09. The molecule has 16 heavy (non-hydrogen) atoms. The SMILES string of the molecule is CC[C@H](C)[C@H](NC(=O)OC(C)(C)C)C(C)=O. The van der Waals surface area contributed by atoms with E-state index in [4.69, 9.17) is 4.74 Å². The molecule has 0 saturated heterocycles. The molecule has 0 heterocycles. The molecule has 0 aliphatic rings. The highest BCUT2D eigenvalue weighted by Crippen LogP contribution is 2.11. The van der Waals surface area contributed by atoms with Crippen LogP contribution in [-0.4, -0.2) is 23.5 Å². The highest BCUT2D eigenvalue weighted by molar-refractivity contribution is 5.85. The first-order valence-electron chi connectivity index (χ1n) is 5.67. The maximum Gasteiger partial charge on any atom is 0.408 e. The third kappa shape index (κ3) is 5.73. The quantitative estimate of drug-likeness (QED) is 0.805. The van der Waals surface area contributed by atoms with Crippen LogP contribution in [0, 0.1) is 5.92 Å². The number of ketones is 1. The Morgan fingerprint density at radius 1 is 1.31 bits per heavy atom. The topological polar surface area (TPSA) is 55.4 Å². The van der Waals surface area contributed by atoms with Crippen molar-refractivity contribution in [1.82, 2.24) is 5.32 Å². The van der Waals surface area contributed by atoms with Gasteiger partial charge in [0.1, 0.15) is 5.60 Å². The highest BCUT2D eigenvalue weighted by Gasteiger charge is 2.25. The molecule has 0 aromatic heterocycles. The van der Waals surface area contributed by atoms with Crippen molar-refractivity contribution in [1.29, 1.82) is 0 Å². The molecule has 0 rings (SSSR count). The Morgan fingerprint density at radius 2 is 1.81 bits per heavy atom. The third-order valence-corrected chi connectivity index (χ3v) is 2.32. The van der Waals surface area contributed by atoms with Crippen LogP contribution < -0.4 is 5.32 Å². The highest BCUT2D eigenvalue weighted by atomic mass is 16.6. The molecule has 94 valence electrons. The summed E-state index contributed by atoms with van der Waals surface area (Å²) in [6.45, 7) is 10.8. The molecule has 1 amide bonds. The summed E-state index contributed by atoms with van der Waals surface area (Å²) in [5, 5.41) is 2.61. The predicted octanol–water partition coefficient (Wildman–Crippen LogP) is 2.51. The predicted molar refractivity (Wildman–Crippen MR) is 63.3 cm³/mol. The number of carbonyl (C=O) groups excluding carboxylic acids is 2. The number of rotatable bonds is 4. The summed E-state index contributed by atoms with van der Waals surface area (Å²) in [5.41, 5.74) is -0.541. The zero-order valence-corrected chi connectivity index (χ0v) is 11.1. The number of nitrogens with one attached hydrogen (secondary N) is 1. The van der Waals surface area contributed by atoms with E-state index in [0.717, 1.165) is 6.42 Å². The summed E-state index contributed by atoms with van der Waals surface area (Å²) in [6.07, 6.45) is 0.299. The van der Waals surface area contributed by atoms with Gasteiger partial charge in [0.15, 0.2) is 5.78 Å². The first-order valence-corrected chi connectivity index (χ1v) is 5.67. The number of ether oxygens (including phenoxy) is 1. The lowest BCUT2D eigenvalue weighted by molar-refractivity contribution is -0.120. The molecule has 0 aliphatic heterocycles. The summed E-state index contributed by atoms with van der Waals surface area (Å²) >= 11 is 0. The van der Waals surface area contributed by atoms with Crippen molar-refractivity contribution in [2.75, 3.05) is 0 Å². The van der Waals surface area contributed by atoms with Crippen molar-refractivity contribution in [2.24, 2.45) is 5.92 Å². The molecule has 0 fully saturated rings. The molecule has 0 aliphatic carbocycles. The lowest BCUT2D eigenvalue weighted by Gasteiger charge is -2.25. The van der Waals surface area contributed by atoms with Crippen molar-refractivity contribution in [3.8, 4) is 0 Å². The van der Waals surface area contributed by atoms with Crippen LogP contribution in [0.5, 0.6) is 0 Å². The van der Waals surface area contributed by atoms with E-state index in [9.17, 15) is 9.59 Å². The van der Waals surface area contributed by atoms with E-state index in [0.29, 0.717) is 0 Å². The van der Waals surface area contributed by atoms with Gasteiger partial charge in [-0.2, -0.15) is 0 Å². The average molecular weight is 229 g/mol. The van der Waals surface area contributed by atoms with Crippen LogP contribution in [0.15, 0.2) is 0 Å². The minimum Gasteiger partial charge on any atom is -0.444 e. The van der Waals surface area contributed by atoms with Gasteiger partial charge in [-0.3, -0.25) is 4.79 Å². The second kappa shape index (κ2) is 5.87. The summed E-state index contributed by atoms with van der Waals surface area (Å²) < 4.78 is 5.11. The third-order valence-electron chi connectivity index (χ3n) is 2.32. The Kier molecular flexibility index (Phi) is 5.48. The number of amides is 1. The van der Waals surface area contributed by atoms with Crippen LogP contribution >= 0.6 is 0 Å². The Bertz CT molecular complexity index is 255. The van der Waals surface area contributed by atoms with Crippen LogP contribution in [-0.2, 0) is 9.53 Å². The number of carbonyl (C=O) groups is 2. The minimum absolute atomic E-state index is 0.0415. The largest absolute Gasteiger partial charge is 0.444 e. The van der Waals surface area contributed by atoms with E-state index >= 15 is 0 Å². The van der Waals surface area contributed by atoms with Crippen LogP contribution in [0.4, 0.5) is 4.79 Å². The lowest BCUT2D eigenvalue weighted by atomic mass is 9.96. The van der Waals surface area contributed by atoms with Gasteiger partial charge >= 0.3 is 6.09 Å². The fraction of sp³-hybridized carbons (Fsp3) is 0.833. The molecule has 4 nitrogen and oxygen atoms in total. The summed E-state index contributed by atoms with van der Waals surface area (Å²) in [7, 11) is 0. The molecule has 0 bridgehead atoms. The van der Waals surface area contributed by atoms with Crippen LogP contribution in [0.3, 0.4) is 0 Å². The van der Waals surface area contributed by atoms with Crippen molar-refractivity contribution in [2.45, 2.75) is 59.6 Å². The summed E-state index contributed by atoms with van der Waals surface area (Å²) in [5.74, 6) is 0.0743. The maximum absolute atomic E-state index is 11.5. The molecular formula is C12H23NO3. The van der Waals surface area contributed by atoms with Gasteiger partial charge in [0.05, 0.1) is 6.04 Å². The first-order chi connectivity index (χ1) is 7.17. The molecule has 0 aromatic carbocycles. The molecule has 0 radical (unpaired) electrons. The lowest BCUT2D eigenvalue weighted by Crippen LogP contribution is -2.46. The number of hydrogen-bond acceptors (Lipinski definition) is 3. The van der Waals surface area contributed by atoms with Gasteiger partial charge in [-0.1, -0.05) is 20.3 Å². The van der Waals surface area contributed by atoms with E-state index in [1.807, 2.05) is 13.8 Å². The Morgan fingerprint density at radius 3 is 2.12 bits per heavy atom. The van der Waals surface area contributed by atoms with E-state index in [1.165, 1.54) is 6.92 Å². The molecule has 0 aromatic rings. The molecule has 2 atom stereocenters. The minimum atomic E-state index is -0.541. The Balaban J connectivity index is 4.42. The fourth-order valence-electron chi connectivity index (χ4n) is 1.31. The van der Waals surface area contributed by atoms with Crippen LogP contribution in [0.1, 0.15) is 48.0 Å². The second-order valence-electron chi connectivity index (χ2n) is 5.12. The Hall–Kier alpha value is -1.06. The van der Waals surface area contributed by atoms with Gasteiger partial charge in [0, 0.05) is 0 Å². The smallest absolute Gasteiger partial charge is 0.408 e. The molecule has 0 unspecified atom stereocenters. The number of alkyl carbamates (subject to hydrolysis) is 1. The fourth-order valence-corrected chi connectivity index (χ4v) is 1.31. The summed E-state index contributed by atoms with van der Waals surface area (Å²) in [6, 6.07) is -0.458. The van der Waals surface area contributed by atoms with Crippen LogP contribution in [0.2, 0.25) is 0 Å². The molecule has 1 N–H and O–H groups in total. The van der Waals surface area contributed by atoms with E-state index in [-0.39, 0.29) is 11.7 Å². The molecule has 4 heteroatoms. The maximum atomic E-state index is 11.5. The monoisotopic (exact) mass is 229 g/mol. The van der Waals surface area contributed by atoms with Gasteiger partial charge in [-0.15, -0.1) is 0 Å². The number of hydrogen-bond donors (Lipinski definition) is 1. The van der Waals surface area contributed by atoms with E-state index in [1.54, 1.807) is 20.8 Å². The normalized spacial score (nSPS) is 15.1. The van der Waals surface area contributed by atoms with Gasteiger partial charge < -0.3 is 10.1 Å². The zero-order chi connectivity index (χ0) is 12.9. The van der Waals surface area contributed by atoms with Gasteiger partial charge in [-0.05, 0) is 33.6 Å². The Labute approximate surface area is 97.7 Å². The zero-order valence-electron chi connectivity index (χ0n) is 11.1. The second-order valence-corrected chi connectivity index (χ2v) is 5.12. The standard InChI is InChI=1S/C12H23NO3/c1-7-8(2)10(9(3)14)13-11(15)16-12(4,5)6/h8,10H,7H2,1-6H3,(H,13,15)/t8-,10-/m0/s1. The first kappa shape index (κ1) is 14.9. The number of Topliss-reactive ketones (excluding diaryl/α,β-unsaturated/α-hetero) is 1.